The first kappa shape index (κ1) is 28.7. The van der Waals surface area contributed by atoms with Crippen molar-refractivity contribution < 1.29 is 4.57 Å². The first-order valence-electron chi connectivity index (χ1n) is 18.2. The molecule has 0 fully saturated rings. The molecule has 0 spiro atoms. The van der Waals surface area contributed by atoms with Crippen LogP contribution in [0.4, 0.5) is 34.1 Å². The largest absolute Gasteiger partial charge is 0.308 e. The summed E-state index contributed by atoms with van der Waals surface area (Å²) >= 11 is 0. The van der Waals surface area contributed by atoms with E-state index in [0.717, 1.165) is 71.6 Å². The summed E-state index contributed by atoms with van der Waals surface area (Å²) in [6.45, 7) is 0. The van der Waals surface area contributed by atoms with Crippen LogP contribution in [0.1, 0.15) is 0 Å². The molecule has 0 unspecified atom stereocenters. The fraction of sp³-hybridized carbons (Fsp3) is 0. The van der Waals surface area contributed by atoms with E-state index in [1.54, 1.807) is 0 Å². The lowest BCUT2D eigenvalue weighted by molar-refractivity contribution is 0.592. The Hall–Kier alpha value is -6.81. The van der Waals surface area contributed by atoms with Gasteiger partial charge in [0.05, 0.1) is 51.8 Å². The maximum Gasteiger partial charge on any atom is 0.179 e. The lowest BCUT2D eigenvalue weighted by Gasteiger charge is -2.45. The van der Waals surface area contributed by atoms with Crippen molar-refractivity contribution in [3.05, 3.63) is 164 Å². The Balaban J connectivity index is 1.26. The zero-order valence-electron chi connectivity index (χ0n) is 28.7. The van der Waals surface area contributed by atoms with Gasteiger partial charge in [0.1, 0.15) is 0 Å². The molecule has 5 nitrogen and oxygen atoms in total. The summed E-state index contributed by atoms with van der Waals surface area (Å²) in [5.41, 5.74) is 5.54. The molecule has 0 N–H and O–H groups in total. The summed E-state index contributed by atoms with van der Waals surface area (Å²) in [7, 11) is -3.59. The minimum absolute atomic E-state index is 0.832. The lowest BCUT2D eigenvalue weighted by Crippen LogP contribution is -2.43. The molecule has 54 heavy (non-hydrogen) atoms. The highest BCUT2D eigenvalue weighted by Crippen LogP contribution is 2.64. The van der Waals surface area contributed by atoms with Crippen LogP contribution in [0.5, 0.6) is 0 Å². The van der Waals surface area contributed by atoms with Gasteiger partial charge in [-0.25, -0.2) is 0 Å². The van der Waals surface area contributed by atoms with E-state index >= 15 is 4.57 Å². The second-order valence-electron chi connectivity index (χ2n) is 14.5. The molecule has 0 radical (unpaired) electrons. The Morgan fingerprint density at radius 3 is 1.30 bits per heavy atom. The first-order chi connectivity index (χ1) is 26.7. The molecule has 2 aromatic heterocycles. The molecule has 0 aliphatic carbocycles. The van der Waals surface area contributed by atoms with Gasteiger partial charge in [-0.05, 0) is 102 Å². The first-order valence-corrected chi connectivity index (χ1v) is 20.0. The Kier molecular flexibility index (Phi) is 5.31. The van der Waals surface area contributed by atoms with E-state index in [9.17, 15) is 0 Å². The van der Waals surface area contributed by atoms with Gasteiger partial charge < -0.3 is 14.4 Å². The van der Waals surface area contributed by atoms with Crippen LogP contribution in [0.2, 0.25) is 0 Å². The number of fused-ring (bicyclic) bond motifs is 6. The van der Waals surface area contributed by atoms with Crippen molar-refractivity contribution in [3.63, 3.8) is 0 Å². The van der Waals surface area contributed by atoms with Crippen molar-refractivity contribution in [1.29, 1.82) is 0 Å². The Labute approximate surface area is 309 Å². The monoisotopic (exact) mass is 706 g/mol. The Bertz CT molecular complexity index is 3180. The van der Waals surface area contributed by atoms with E-state index in [2.05, 4.69) is 147 Å². The van der Waals surface area contributed by atoms with Crippen LogP contribution >= 0.6 is 7.14 Å². The number of aromatic nitrogens is 2. The number of anilines is 6. The van der Waals surface area contributed by atoms with Crippen molar-refractivity contribution in [2.24, 2.45) is 0 Å². The smallest absolute Gasteiger partial charge is 0.179 e. The Morgan fingerprint density at radius 2 is 0.852 bits per heavy atom. The van der Waals surface area contributed by atoms with E-state index in [1.165, 1.54) is 43.1 Å². The van der Waals surface area contributed by atoms with E-state index in [4.69, 9.17) is 0 Å². The molecule has 0 atom stereocenters. The number of pyridine rings is 2. The van der Waals surface area contributed by atoms with Crippen molar-refractivity contribution in [3.8, 4) is 0 Å². The molecule has 0 saturated heterocycles. The fourth-order valence-corrected chi connectivity index (χ4v) is 13.2. The molecule has 0 bridgehead atoms. The molecule has 2 aliphatic heterocycles. The van der Waals surface area contributed by atoms with Gasteiger partial charge in [-0.2, -0.15) is 0 Å². The highest BCUT2D eigenvalue weighted by atomic mass is 31.2. The van der Waals surface area contributed by atoms with Crippen LogP contribution < -0.4 is 25.7 Å². The minimum atomic E-state index is -3.59. The quantitative estimate of drug-likeness (QED) is 0.132. The van der Waals surface area contributed by atoms with Crippen molar-refractivity contribution in [2.75, 3.05) is 9.80 Å². The number of hydrogen-bond donors (Lipinski definition) is 0. The molecule has 0 amide bonds. The molecule has 4 heterocycles. The van der Waals surface area contributed by atoms with Gasteiger partial charge in [0.2, 0.25) is 0 Å². The van der Waals surface area contributed by atoms with Crippen molar-refractivity contribution in [1.82, 2.24) is 9.97 Å². The number of nitrogens with zero attached hydrogens (tertiary/aromatic N) is 4. The summed E-state index contributed by atoms with van der Waals surface area (Å²) in [5, 5.41) is 16.5. The summed E-state index contributed by atoms with van der Waals surface area (Å²) in [4.78, 5) is 13.8. The standard InChI is InChI=1S/C48H27N4OP/c53-54-40-24-32-16-14-28-6-1-8-30-18-20-36(44(32)42(28)30)46(40)51(34-10-4-22-49-26-34)38-12-3-13-39(48(38)54)52(35-11-5-23-50-27-35)47-37-21-19-31-9-2-7-29-15-17-33(25-41(47)54)45(37)43(29)31/h1-27H. The van der Waals surface area contributed by atoms with Gasteiger partial charge in [-0.1, -0.05) is 91.0 Å². The summed E-state index contributed by atoms with van der Waals surface area (Å²) < 4.78 is 17.3. The normalized spacial score (nSPS) is 14.4. The van der Waals surface area contributed by atoms with E-state index in [0.29, 0.717) is 0 Å². The third-order valence-electron chi connectivity index (χ3n) is 11.9. The average Bonchev–Trinajstić information content (AvgIpc) is 3.23. The topological polar surface area (TPSA) is 49.3 Å². The van der Waals surface area contributed by atoms with Gasteiger partial charge in [0, 0.05) is 33.8 Å². The van der Waals surface area contributed by atoms with Gasteiger partial charge in [-0.3, -0.25) is 9.97 Å². The number of hydrogen-bond acceptors (Lipinski definition) is 5. The third kappa shape index (κ3) is 3.40. The van der Waals surface area contributed by atoms with Crippen LogP contribution in [0, 0.1) is 0 Å². The van der Waals surface area contributed by atoms with Crippen LogP contribution in [0.3, 0.4) is 0 Å². The predicted octanol–water partition coefficient (Wildman–Crippen LogP) is 11.5. The third-order valence-corrected chi connectivity index (χ3v) is 15.0. The average molecular weight is 707 g/mol. The molecular weight excluding hydrogens is 680 g/mol. The van der Waals surface area contributed by atoms with Crippen LogP contribution in [0.15, 0.2) is 164 Å². The molecule has 6 heteroatoms. The molecule has 2 aliphatic rings. The van der Waals surface area contributed by atoms with E-state index in [1.807, 2.05) is 36.9 Å². The van der Waals surface area contributed by atoms with Crippen LogP contribution in [0.25, 0.3) is 64.6 Å². The van der Waals surface area contributed by atoms with Gasteiger partial charge in [-0.15, -0.1) is 0 Å². The zero-order valence-corrected chi connectivity index (χ0v) is 29.6. The van der Waals surface area contributed by atoms with Crippen LogP contribution in [-0.2, 0) is 4.57 Å². The molecule has 9 aromatic carbocycles. The summed E-state index contributed by atoms with van der Waals surface area (Å²) in [6.07, 6.45) is 7.45. The van der Waals surface area contributed by atoms with Crippen LogP contribution in [-0.4, -0.2) is 9.97 Å². The molecular formula is C48H27N4OP. The summed E-state index contributed by atoms with van der Waals surface area (Å²) in [5.74, 6) is 0. The van der Waals surface area contributed by atoms with Gasteiger partial charge in [0.15, 0.2) is 7.14 Å². The van der Waals surface area contributed by atoms with Gasteiger partial charge >= 0.3 is 0 Å². The number of benzene rings is 9. The zero-order chi connectivity index (χ0) is 35.3. The Morgan fingerprint density at radius 1 is 0.426 bits per heavy atom. The van der Waals surface area contributed by atoms with Gasteiger partial charge in [0.25, 0.3) is 0 Å². The highest BCUT2D eigenvalue weighted by molar-refractivity contribution is 7.86. The highest BCUT2D eigenvalue weighted by Gasteiger charge is 2.50. The fourth-order valence-electron chi connectivity index (χ4n) is 9.83. The maximum absolute atomic E-state index is 17.3. The molecule has 13 rings (SSSR count). The van der Waals surface area contributed by atoms with E-state index in [-0.39, 0.29) is 0 Å². The SMILES string of the molecule is O=P12c3cc4ccc5cccc6ccc(c3N(c3cccnc3)c3cccc(c31)N(c1cccnc1)c1c2cc2ccc3cccc7ccc1c2c37)c4c56. The number of rotatable bonds is 2. The summed E-state index contributed by atoms with van der Waals surface area (Å²) in [6, 6.07) is 49.8. The molecule has 0 saturated carbocycles. The predicted molar refractivity (Wildman–Crippen MR) is 225 cm³/mol. The lowest BCUT2D eigenvalue weighted by atomic mass is 9.92. The van der Waals surface area contributed by atoms with Crippen molar-refractivity contribution in [2.45, 2.75) is 0 Å². The second-order valence-corrected chi connectivity index (χ2v) is 17.2. The molecule has 250 valence electrons. The minimum Gasteiger partial charge on any atom is -0.308 e. The maximum atomic E-state index is 17.3. The second kappa shape index (κ2) is 9.99. The van der Waals surface area contributed by atoms with Crippen molar-refractivity contribution >= 4 is 122 Å². The molecule has 11 aromatic rings. The van der Waals surface area contributed by atoms with E-state index < -0.39 is 7.14 Å².